The topological polar surface area (TPSA) is 110 Å². The highest BCUT2D eigenvalue weighted by atomic mass is 32.2. The molecule has 0 amide bonds. The summed E-state index contributed by atoms with van der Waals surface area (Å²) in [6, 6.07) is 10.4. The fraction of sp³-hybridized carbons (Fsp3) is 0.636. The zero-order valence-electron chi connectivity index (χ0n) is 25.8. The average molecular weight is 610 g/mol. The quantitative estimate of drug-likeness (QED) is 0.292. The molecule has 0 radical (unpaired) electrons. The van der Waals surface area contributed by atoms with Crippen LogP contribution in [0.15, 0.2) is 42.7 Å². The van der Waals surface area contributed by atoms with E-state index in [-0.39, 0.29) is 17.5 Å². The number of sulfone groups is 1. The van der Waals surface area contributed by atoms with Crippen LogP contribution >= 0.6 is 0 Å². The van der Waals surface area contributed by atoms with Crippen molar-refractivity contribution in [2.45, 2.75) is 83.0 Å². The second kappa shape index (κ2) is 12.5. The third-order valence-corrected chi connectivity index (χ3v) is 11.3. The lowest BCUT2D eigenvalue weighted by molar-refractivity contribution is -0.0919. The largest absolute Gasteiger partial charge is 0.493 e. The van der Waals surface area contributed by atoms with Crippen LogP contribution in [0.5, 0.6) is 5.75 Å². The molecule has 4 unspecified atom stereocenters. The molecule has 234 valence electrons. The number of aliphatic hydroxyl groups excluding tert-OH is 1. The number of hydrogen-bond acceptors (Lipinski definition) is 8. The van der Waals surface area contributed by atoms with Crippen LogP contribution in [0, 0.1) is 17.8 Å². The third kappa shape index (κ3) is 6.62. The van der Waals surface area contributed by atoms with E-state index in [1.807, 2.05) is 42.7 Å². The zero-order chi connectivity index (χ0) is 30.2. The first-order chi connectivity index (χ1) is 20.6. The lowest BCUT2D eigenvalue weighted by atomic mass is 9.73. The Kier molecular flexibility index (Phi) is 8.84. The van der Waals surface area contributed by atoms with Gasteiger partial charge in [0.1, 0.15) is 33.5 Å². The Labute approximate surface area is 256 Å². The van der Waals surface area contributed by atoms with E-state index in [2.05, 4.69) is 33.6 Å². The maximum absolute atomic E-state index is 11.4. The maximum Gasteiger partial charge on any atom is 0.147 e. The van der Waals surface area contributed by atoms with Gasteiger partial charge in [-0.15, -0.1) is 0 Å². The molecule has 2 N–H and O–H groups in total. The molecule has 4 atom stereocenters. The summed E-state index contributed by atoms with van der Waals surface area (Å²) in [6.07, 6.45) is 12.8. The van der Waals surface area contributed by atoms with Gasteiger partial charge in [-0.3, -0.25) is 4.90 Å². The molecule has 43 heavy (non-hydrogen) atoms. The molecular weight excluding hydrogens is 562 g/mol. The van der Waals surface area contributed by atoms with Gasteiger partial charge in [-0.25, -0.2) is 18.4 Å². The van der Waals surface area contributed by atoms with E-state index in [1.54, 1.807) is 0 Å². The third-order valence-electron chi connectivity index (χ3n) is 10.3. The highest BCUT2D eigenvalue weighted by Gasteiger charge is 2.51. The van der Waals surface area contributed by atoms with Crippen LogP contribution in [-0.4, -0.2) is 82.5 Å². The molecule has 2 aromatic heterocycles. The summed E-state index contributed by atoms with van der Waals surface area (Å²) in [6.45, 7) is 6.89. The van der Waals surface area contributed by atoms with Crippen molar-refractivity contribution in [2.24, 2.45) is 17.8 Å². The van der Waals surface area contributed by atoms with E-state index in [0.29, 0.717) is 36.8 Å². The van der Waals surface area contributed by atoms with E-state index >= 15 is 0 Å². The van der Waals surface area contributed by atoms with E-state index in [4.69, 9.17) is 9.72 Å². The van der Waals surface area contributed by atoms with Crippen molar-refractivity contribution in [3.05, 3.63) is 48.5 Å². The van der Waals surface area contributed by atoms with Crippen molar-refractivity contribution in [2.75, 3.05) is 31.7 Å². The minimum Gasteiger partial charge on any atom is -0.493 e. The van der Waals surface area contributed by atoms with Crippen LogP contribution in [-0.2, 0) is 16.3 Å². The van der Waals surface area contributed by atoms with Gasteiger partial charge in [-0.1, -0.05) is 19.4 Å². The molecule has 1 aliphatic carbocycles. The number of nitrogens with zero attached hydrogens (tertiary/aromatic N) is 4. The summed E-state index contributed by atoms with van der Waals surface area (Å²) in [4.78, 5) is 12.1. The van der Waals surface area contributed by atoms with Crippen LogP contribution in [0.25, 0.3) is 16.7 Å². The van der Waals surface area contributed by atoms with Crippen molar-refractivity contribution < 1.29 is 18.3 Å². The minimum absolute atomic E-state index is 0.106. The van der Waals surface area contributed by atoms with E-state index in [0.717, 1.165) is 86.3 Å². The smallest absolute Gasteiger partial charge is 0.147 e. The predicted molar refractivity (Wildman–Crippen MR) is 169 cm³/mol. The van der Waals surface area contributed by atoms with E-state index in [1.165, 1.54) is 6.26 Å². The lowest BCUT2D eigenvalue weighted by Crippen LogP contribution is -2.57. The SMILES string of the molecule is CCC(Cc1nccc(-n2ccc3c(OCCCS(C)(=O)=O)cccc32)n1)C1CCC(C(O)N2CC3CC2(C)CN3)CC1. The van der Waals surface area contributed by atoms with Gasteiger partial charge in [0.25, 0.3) is 0 Å². The Hall–Kier alpha value is -2.53. The van der Waals surface area contributed by atoms with Crippen LogP contribution < -0.4 is 10.1 Å². The van der Waals surface area contributed by atoms with E-state index < -0.39 is 9.84 Å². The number of nitrogens with one attached hydrogen (secondary N) is 1. The Morgan fingerprint density at radius 3 is 2.65 bits per heavy atom. The van der Waals surface area contributed by atoms with Gasteiger partial charge in [0.05, 0.1) is 17.9 Å². The number of hydrogen-bond donors (Lipinski definition) is 2. The Balaban J connectivity index is 1.08. The van der Waals surface area contributed by atoms with Crippen molar-refractivity contribution in [3.8, 4) is 11.6 Å². The zero-order valence-corrected chi connectivity index (χ0v) is 26.6. The second-order valence-corrected chi connectivity index (χ2v) is 15.7. The minimum atomic E-state index is -3.00. The molecule has 1 saturated carbocycles. The molecule has 6 rings (SSSR count). The van der Waals surface area contributed by atoms with Crippen molar-refractivity contribution in [1.29, 1.82) is 0 Å². The summed E-state index contributed by atoms with van der Waals surface area (Å²) in [5.41, 5.74) is 1.10. The first-order valence-corrected chi connectivity index (χ1v) is 18.1. The highest BCUT2D eigenvalue weighted by molar-refractivity contribution is 7.90. The Morgan fingerprint density at radius 1 is 1.16 bits per heavy atom. The van der Waals surface area contributed by atoms with Crippen LogP contribution in [0.4, 0.5) is 0 Å². The molecule has 3 aliphatic rings. The van der Waals surface area contributed by atoms with Gasteiger partial charge in [0.15, 0.2) is 0 Å². The van der Waals surface area contributed by atoms with Crippen molar-refractivity contribution >= 4 is 20.7 Å². The van der Waals surface area contributed by atoms with Crippen molar-refractivity contribution in [1.82, 2.24) is 24.8 Å². The fourth-order valence-corrected chi connectivity index (χ4v) is 8.55. The molecule has 1 aromatic carbocycles. The summed E-state index contributed by atoms with van der Waals surface area (Å²) >= 11 is 0. The number of fused-ring (bicyclic) bond motifs is 3. The summed E-state index contributed by atoms with van der Waals surface area (Å²) in [5.74, 6) is 4.07. The Morgan fingerprint density at radius 2 is 1.95 bits per heavy atom. The summed E-state index contributed by atoms with van der Waals surface area (Å²) in [5, 5.41) is 15.9. The number of aliphatic hydroxyl groups is 1. The predicted octanol–water partition coefficient (Wildman–Crippen LogP) is 4.36. The molecule has 4 heterocycles. The molecule has 3 aromatic rings. The average Bonchev–Trinajstić information content (AvgIpc) is 3.70. The molecule has 2 aliphatic heterocycles. The maximum atomic E-state index is 11.4. The van der Waals surface area contributed by atoms with Gasteiger partial charge in [0.2, 0.25) is 0 Å². The van der Waals surface area contributed by atoms with Gasteiger partial charge in [-0.05, 0) is 87.5 Å². The molecular formula is C33H47N5O4S. The molecule has 0 spiro atoms. The first kappa shape index (κ1) is 30.5. The van der Waals surface area contributed by atoms with Gasteiger partial charge in [0, 0.05) is 55.1 Å². The molecule has 2 bridgehead atoms. The fourth-order valence-electron chi connectivity index (χ4n) is 7.91. The van der Waals surface area contributed by atoms with Crippen LogP contribution in [0.3, 0.4) is 0 Å². The monoisotopic (exact) mass is 609 g/mol. The van der Waals surface area contributed by atoms with Gasteiger partial charge < -0.3 is 19.7 Å². The van der Waals surface area contributed by atoms with Crippen LogP contribution in [0.2, 0.25) is 0 Å². The summed E-state index contributed by atoms with van der Waals surface area (Å²) < 4.78 is 30.9. The Bertz CT molecular complexity index is 1520. The normalized spacial score (nSPS) is 27.5. The number of ether oxygens (including phenoxy) is 1. The molecule has 10 heteroatoms. The molecule has 9 nitrogen and oxygen atoms in total. The number of rotatable bonds is 12. The standard InChI is InChI=1S/C33H47N5O4S/c1-4-23(24-9-11-25(12-10-24)32(39)38-21-26-20-33(38,2)22-35-26)19-30-34-15-13-31(36-30)37-16-14-27-28(37)7-5-8-29(27)42-17-6-18-43(3,40)41/h5,7-8,13-16,23-26,32,35,39H,4,6,9-12,17-22H2,1-3H3. The number of piperazine rings is 1. The highest BCUT2D eigenvalue weighted by Crippen LogP contribution is 2.42. The number of likely N-dealkylation sites (tertiary alicyclic amines) is 1. The second-order valence-electron chi connectivity index (χ2n) is 13.4. The first-order valence-electron chi connectivity index (χ1n) is 16.0. The van der Waals surface area contributed by atoms with Gasteiger partial charge >= 0.3 is 0 Å². The molecule has 3 fully saturated rings. The van der Waals surface area contributed by atoms with E-state index in [9.17, 15) is 13.5 Å². The van der Waals surface area contributed by atoms with Crippen molar-refractivity contribution in [3.63, 3.8) is 0 Å². The number of aromatic nitrogens is 3. The molecule has 2 saturated heterocycles. The number of benzene rings is 1. The lowest BCUT2D eigenvalue weighted by Gasteiger charge is -2.44. The van der Waals surface area contributed by atoms with Gasteiger partial charge in [-0.2, -0.15) is 0 Å². The summed E-state index contributed by atoms with van der Waals surface area (Å²) in [7, 11) is -3.00. The van der Waals surface area contributed by atoms with Crippen LogP contribution in [0.1, 0.15) is 64.6 Å².